The van der Waals surface area contributed by atoms with Crippen LogP contribution in [0.4, 0.5) is 0 Å². The Labute approximate surface area is 275 Å². The number of benzene rings is 2. The fraction of sp³-hybridized carbons (Fsp3) is 0.179. The average Bonchev–Trinajstić information content (AvgIpc) is 3.53. The van der Waals surface area contributed by atoms with Crippen LogP contribution in [0.2, 0.25) is 0 Å². The van der Waals surface area contributed by atoms with Crippen molar-refractivity contribution in [2.75, 3.05) is 26.3 Å². The molecule has 8 nitrogen and oxygen atoms in total. The molecule has 0 aromatic heterocycles. The number of nitriles is 4. The molecule has 0 unspecified atom stereocenters. The Morgan fingerprint density at radius 2 is 1.47 bits per heavy atom. The molecule has 0 saturated carbocycles. The second-order valence-electron chi connectivity index (χ2n) is 10.4. The Bertz CT molecular complexity index is 1930. The van der Waals surface area contributed by atoms with Crippen molar-refractivity contribution in [3.63, 3.8) is 0 Å². The third kappa shape index (κ3) is 8.08. The van der Waals surface area contributed by atoms with Crippen LogP contribution in [0.3, 0.4) is 0 Å². The molecule has 226 valence electrons. The molecule has 0 bridgehead atoms. The number of ether oxygens (including phenoxy) is 1. The molecular formula is C39H29N7O. The lowest BCUT2D eigenvalue weighted by Gasteiger charge is -2.31. The molecule has 0 atom stereocenters. The standard InChI is InChI=1S/C39H29N7O/c1-44-39(45-2)37(30-13-7-4-8-14-30)34(26-41)18-10-16-32-20-19-31(38(32)46-21-23-47-24-22-46)15-9-17-33(25-40)36(35(27-42)28-43)29-11-5-3-6-12-29/h3-18,35H,19-24H2. The van der Waals surface area contributed by atoms with Crippen LogP contribution in [0.5, 0.6) is 0 Å². The lowest BCUT2D eigenvalue weighted by atomic mass is 9.90. The third-order valence-corrected chi connectivity index (χ3v) is 7.65. The molecule has 4 rings (SSSR count). The molecule has 2 aromatic carbocycles. The smallest absolute Gasteiger partial charge is 0.378 e. The Morgan fingerprint density at radius 3 is 2.04 bits per heavy atom. The van der Waals surface area contributed by atoms with Crippen molar-refractivity contribution in [2.24, 2.45) is 5.92 Å². The minimum absolute atomic E-state index is 0.166. The predicted octanol–water partition coefficient (Wildman–Crippen LogP) is 7.70. The van der Waals surface area contributed by atoms with E-state index in [4.69, 9.17) is 17.9 Å². The summed E-state index contributed by atoms with van der Waals surface area (Å²) >= 11 is 0. The summed E-state index contributed by atoms with van der Waals surface area (Å²) < 4.78 is 5.60. The molecular weight excluding hydrogens is 582 g/mol. The van der Waals surface area contributed by atoms with E-state index in [2.05, 4.69) is 26.7 Å². The van der Waals surface area contributed by atoms with Gasteiger partial charge in [-0.05, 0) is 47.3 Å². The second kappa shape index (κ2) is 17.0. The minimum atomic E-state index is -1.10. The van der Waals surface area contributed by atoms with E-state index in [0.29, 0.717) is 48.6 Å². The highest BCUT2D eigenvalue weighted by atomic mass is 16.5. The van der Waals surface area contributed by atoms with Gasteiger partial charge in [-0.15, -0.1) is 0 Å². The number of morpholine rings is 1. The van der Waals surface area contributed by atoms with Gasteiger partial charge in [0.05, 0.1) is 54.2 Å². The lowest BCUT2D eigenvalue weighted by molar-refractivity contribution is 0.0547. The molecule has 1 heterocycles. The van der Waals surface area contributed by atoms with Gasteiger partial charge >= 0.3 is 5.82 Å². The van der Waals surface area contributed by atoms with E-state index in [9.17, 15) is 21.0 Å². The van der Waals surface area contributed by atoms with Gasteiger partial charge in [-0.1, -0.05) is 85.0 Å². The largest absolute Gasteiger partial charge is 0.528 e. The summed E-state index contributed by atoms with van der Waals surface area (Å²) in [5, 5.41) is 39.3. The monoisotopic (exact) mass is 611 g/mol. The van der Waals surface area contributed by atoms with E-state index in [1.165, 1.54) is 0 Å². The van der Waals surface area contributed by atoms with Gasteiger partial charge < -0.3 is 9.64 Å². The molecule has 47 heavy (non-hydrogen) atoms. The van der Waals surface area contributed by atoms with Crippen LogP contribution < -0.4 is 0 Å². The van der Waals surface area contributed by atoms with E-state index in [-0.39, 0.29) is 17.0 Å². The predicted molar refractivity (Wildman–Crippen MR) is 179 cm³/mol. The van der Waals surface area contributed by atoms with Gasteiger partial charge in [-0.25, -0.2) is 0 Å². The van der Waals surface area contributed by atoms with Crippen LogP contribution in [0.15, 0.2) is 131 Å². The molecule has 2 aromatic rings. The molecule has 1 fully saturated rings. The number of rotatable bonds is 9. The molecule has 8 heteroatoms. The summed E-state index contributed by atoms with van der Waals surface area (Å²) in [4.78, 5) is 9.03. The first-order valence-corrected chi connectivity index (χ1v) is 14.9. The van der Waals surface area contributed by atoms with Crippen molar-refractivity contribution < 1.29 is 4.74 Å². The highest BCUT2D eigenvalue weighted by Crippen LogP contribution is 2.36. The minimum Gasteiger partial charge on any atom is -0.378 e. The number of allylic oxidation sites excluding steroid dienone is 12. The van der Waals surface area contributed by atoms with E-state index < -0.39 is 5.92 Å². The zero-order valence-corrected chi connectivity index (χ0v) is 25.6. The fourth-order valence-electron chi connectivity index (χ4n) is 5.51. The van der Waals surface area contributed by atoms with Crippen LogP contribution in [-0.4, -0.2) is 31.2 Å². The topological polar surface area (TPSA) is 116 Å². The van der Waals surface area contributed by atoms with Crippen LogP contribution in [0.1, 0.15) is 24.0 Å². The summed E-state index contributed by atoms with van der Waals surface area (Å²) in [6.07, 6.45) is 12.3. The van der Waals surface area contributed by atoms with Crippen molar-refractivity contribution in [3.05, 3.63) is 165 Å². The summed E-state index contributed by atoms with van der Waals surface area (Å²) in [5.41, 5.74) is 5.59. The lowest BCUT2D eigenvalue weighted by Crippen LogP contribution is -2.36. The van der Waals surface area contributed by atoms with Crippen molar-refractivity contribution in [1.82, 2.24) is 4.90 Å². The summed E-state index contributed by atoms with van der Waals surface area (Å²) in [6, 6.07) is 26.3. The average molecular weight is 612 g/mol. The molecule has 0 N–H and O–H groups in total. The molecule has 0 radical (unpaired) electrons. The molecule has 0 spiro atoms. The van der Waals surface area contributed by atoms with Gasteiger partial charge in [-0.2, -0.15) is 30.7 Å². The van der Waals surface area contributed by atoms with Crippen molar-refractivity contribution in [1.29, 1.82) is 21.0 Å². The second-order valence-corrected chi connectivity index (χ2v) is 10.4. The molecule has 2 aliphatic rings. The van der Waals surface area contributed by atoms with E-state index in [0.717, 1.165) is 29.7 Å². The number of hydrogen-bond donors (Lipinski definition) is 0. The van der Waals surface area contributed by atoms with E-state index in [1.54, 1.807) is 72.8 Å². The molecule has 1 aliphatic carbocycles. The fourth-order valence-corrected chi connectivity index (χ4v) is 5.51. The Kier molecular flexibility index (Phi) is 12.0. The molecule has 1 saturated heterocycles. The molecule has 0 amide bonds. The summed E-state index contributed by atoms with van der Waals surface area (Å²) in [5.74, 6) is -1.26. The maximum atomic E-state index is 10.0. The first-order chi connectivity index (χ1) is 23.1. The van der Waals surface area contributed by atoms with Gasteiger partial charge in [0.25, 0.3) is 0 Å². The molecule has 1 aliphatic heterocycles. The summed E-state index contributed by atoms with van der Waals surface area (Å²) in [7, 11) is 0. The zero-order chi connectivity index (χ0) is 33.4. The van der Waals surface area contributed by atoms with Crippen molar-refractivity contribution in [3.8, 4) is 24.3 Å². The Balaban J connectivity index is 1.74. The van der Waals surface area contributed by atoms with Crippen molar-refractivity contribution in [2.45, 2.75) is 12.8 Å². The van der Waals surface area contributed by atoms with Crippen LogP contribution in [0.25, 0.3) is 20.8 Å². The van der Waals surface area contributed by atoms with E-state index >= 15 is 0 Å². The zero-order valence-electron chi connectivity index (χ0n) is 25.6. The Morgan fingerprint density at radius 1 is 0.830 bits per heavy atom. The third-order valence-electron chi connectivity index (χ3n) is 7.65. The van der Waals surface area contributed by atoms with Crippen molar-refractivity contribution >= 4 is 11.1 Å². The Hall–Kier alpha value is -6.68. The number of hydrogen-bond acceptors (Lipinski definition) is 6. The first kappa shape index (κ1) is 33.2. The van der Waals surface area contributed by atoms with Gasteiger partial charge in [0, 0.05) is 24.4 Å². The SMILES string of the molecule is [C-]#[N+]C([N+]#[C-])=C(C(C#N)=CC=CC1=C(N2CCOCC2)C(=CC=CC(C#N)=C(c2ccccc2)C(C#N)C#N)CC1)c1ccccc1. The van der Waals surface area contributed by atoms with Crippen LogP contribution >= 0.6 is 0 Å². The van der Waals surface area contributed by atoms with Crippen LogP contribution in [0, 0.1) is 64.4 Å². The van der Waals surface area contributed by atoms with Gasteiger partial charge in [0.2, 0.25) is 0 Å². The van der Waals surface area contributed by atoms with E-state index in [1.807, 2.05) is 36.4 Å². The van der Waals surface area contributed by atoms with Crippen LogP contribution in [-0.2, 0) is 4.74 Å². The van der Waals surface area contributed by atoms with Gasteiger partial charge in [0.1, 0.15) is 13.1 Å². The van der Waals surface area contributed by atoms with Gasteiger partial charge in [0.15, 0.2) is 5.92 Å². The maximum Gasteiger partial charge on any atom is 0.528 e. The number of nitrogens with zero attached hydrogens (tertiary/aromatic N) is 7. The highest BCUT2D eigenvalue weighted by Gasteiger charge is 2.25. The quantitative estimate of drug-likeness (QED) is 0.163. The normalized spacial score (nSPS) is 16.2. The highest BCUT2D eigenvalue weighted by molar-refractivity contribution is 5.87. The first-order valence-electron chi connectivity index (χ1n) is 14.9. The van der Waals surface area contributed by atoms with Gasteiger partial charge in [-0.3, -0.25) is 0 Å². The maximum absolute atomic E-state index is 10.0. The summed E-state index contributed by atoms with van der Waals surface area (Å²) in [6.45, 7) is 17.6.